The first-order valence-corrected chi connectivity index (χ1v) is 6.03. The molecule has 0 aromatic rings. The molecule has 4 nitrogen and oxygen atoms in total. The molecule has 0 aliphatic carbocycles. The zero-order valence-corrected chi connectivity index (χ0v) is 10.3. The summed E-state index contributed by atoms with van der Waals surface area (Å²) in [5.41, 5.74) is 0. The van der Waals surface area contributed by atoms with E-state index in [0.29, 0.717) is 0 Å². The maximum atomic E-state index is 11.0. The summed E-state index contributed by atoms with van der Waals surface area (Å²) in [5, 5.41) is 10.8. The number of carboxylic acid groups (broad SMARTS) is 1. The first-order chi connectivity index (χ1) is 8.16. The molecule has 0 aliphatic heterocycles. The van der Waals surface area contributed by atoms with Crippen LogP contribution in [0.25, 0.3) is 0 Å². The highest BCUT2D eigenvalue weighted by atomic mass is 16.4. The molecule has 0 radical (unpaired) electrons. The third-order valence-electron chi connectivity index (χ3n) is 2.20. The highest BCUT2D eigenvalue weighted by Gasteiger charge is 1.92. The zero-order valence-electron chi connectivity index (χ0n) is 10.3. The predicted octanol–water partition coefficient (Wildman–Crippen LogP) is 2.62. The van der Waals surface area contributed by atoms with Crippen LogP contribution in [-0.4, -0.2) is 17.0 Å². The van der Waals surface area contributed by atoms with E-state index in [1.807, 2.05) is 6.08 Å². The van der Waals surface area contributed by atoms with Gasteiger partial charge in [0.15, 0.2) is 0 Å². The van der Waals surface area contributed by atoms with Crippen LogP contribution in [0.2, 0.25) is 0 Å². The van der Waals surface area contributed by atoms with Gasteiger partial charge in [-0.25, -0.2) is 4.79 Å². The lowest BCUT2D eigenvalue weighted by Gasteiger charge is -1.96. The number of amides is 1. The number of unbranched alkanes of at least 4 members (excludes halogenated alkanes) is 5. The normalized spacial score (nSPS) is 11.1. The summed E-state index contributed by atoms with van der Waals surface area (Å²) in [6.45, 7) is 2.18. The van der Waals surface area contributed by atoms with Gasteiger partial charge in [-0.05, 0) is 12.8 Å². The lowest BCUT2D eigenvalue weighted by molar-refractivity contribution is -0.131. The Kier molecular flexibility index (Phi) is 9.91. The number of allylic oxidation sites excluding steroid dienone is 1. The second-order valence-electron chi connectivity index (χ2n) is 3.79. The molecule has 4 heteroatoms. The van der Waals surface area contributed by atoms with Crippen LogP contribution < -0.4 is 5.32 Å². The minimum atomic E-state index is -1.12. The van der Waals surface area contributed by atoms with Gasteiger partial charge in [0.05, 0.1) is 0 Å². The number of aliphatic carboxylic acids is 1. The topological polar surface area (TPSA) is 66.4 Å². The van der Waals surface area contributed by atoms with Crippen LogP contribution in [0.15, 0.2) is 24.4 Å². The fourth-order valence-corrected chi connectivity index (χ4v) is 1.29. The van der Waals surface area contributed by atoms with Crippen LogP contribution in [0.3, 0.4) is 0 Å². The van der Waals surface area contributed by atoms with E-state index in [1.165, 1.54) is 25.7 Å². The van der Waals surface area contributed by atoms with Crippen molar-refractivity contribution in [2.24, 2.45) is 0 Å². The van der Waals surface area contributed by atoms with E-state index in [1.54, 1.807) is 6.20 Å². The van der Waals surface area contributed by atoms with Crippen LogP contribution >= 0.6 is 0 Å². The second-order valence-corrected chi connectivity index (χ2v) is 3.79. The van der Waals surface area contributed by atoms with Crippen molar-refractivity contribution in [1.29, 1.82) is 0 Å². The van der Waals surface area contributed by atoms with Crippen molar-refractivity contribution >= 4 is 11.9 Å². The van der Waals surface area contributed by atoms with Crippen LogP contribution in [0.5, 0.6) is 0 Å². The largest absolute Gasteiger partial charge is 0.478 e. The fraction of sp³-hybridized carbons (Fsp3) is 0.538. The van der Waals surface area contributed by atoms with Gasteiger partial charge in [-0.1, -0.05) is 38.7 Å². The van der Waals surface area contributed by atoms with Crippen molar-refractivity contribution in [3.63, 3.8) is 0 Å². The fourth-order valence-electron chi connectivity index (χ4n) is 1.29. The molecule has 0 saturated heterocycles. The first-order valence-electron chi connectivity index (χ1n) is 6.03. The van der Waals surface area contributed by atoms with Crippen LogP contribution in [-0.2, 0) is 9.59 Å². The number of carbonyl (C=O) groups excluding carboxylic acids is 1. The Balaban J connectivity index is 3.47. The smallest absolute Gasteiger partial charge is 0.328 e. The van der Waals surface area contributed by atoms with Gasteiger partial charge in [-0.15, -0.1) is 0 Å². The van der Waals surface area contributed by atoms with E-state index in [-0.39, 0.29) is 0 Å². The lowest BCUT2D eigenvalue weighted by Crippen LogP contribution is -2.13. The van der Waals surface area contributed by atoms with E-state index in [2.05, 4.69) is 12.2 Å². The summed E-state index contributed by atoms with van der Waals surface area (Å²) in [4.78, 5) is 21.1. The molecule has 0 fully saturated rings. The maximum absolute atomic E-state index is 11.0. The summed E-state index contributed by atoms with van der Waals surface area (Å²) in [7, 11) is 0. The second kappa shape index (κ2) is 10.9. The molecule has 0 heterocycles. The van der Waals surface area contributed by atoms with Crippen molar-refractivity contribution < 1.29 is 14.7 Å². The van der Waals surface area contributed by atoms with E-state index < -0.39 is 11.9 Å². The molecule has 0 saturated carbocycles. The quantitative estimate of drug-likeness (QED) is 0.480. The summed E-state index contributed by atoms with van der Waals surface area (Å²) in [5.74, 6) is -1.55. The molecule has 0 bridgehead atoms. The number of carbonyl (C=O) groups is 2. The van der Waals surface area contributed by atoms with Crippen molar-refractivity contribution in [3.05, 3.63) is 24.4 Å². The Labute approximate surface area is 102 Å². The van der Waals surface area contributed by atoms with E-state index >= 15 is 0 Å². The van der Waals surface area contributed by atoms with Gasteiger partial charge in [-0.2, -0.15) is 0 Å². The Morgan fingerprint density at radius 3 is 2.47 bits per heavy atom. The lowest BCUT2D eigenvalue weighted by atomic mass is 10.1. The van der Waals surface area contributed by atoms with Gasteiger partial charge in [0.1, 0.15) is 0 Å². The predicted molar refractivity (Wildman–Crippen MR) is 67.4 cm³/mol. The standard InChI is InChI=1S/C13H21NO3/c1-2-3-4-5-6-7-8-11-14-12(15)9-10-13(16)17/h8-11H,2-7H2,1H3,(H,14,15)(H,16,17)/b10-9+,11-8+. The molecule has 0 atom stereocenters. The molecule has 0 aliphatic rings. The number of nitrogens with one attached hydrogen (secondary N) is 1. The van der Waals surface area contributed by atoms with Gasteiger partial charge in [-0.3, -0.25) is 4.79 Å². The summed E-state index contributed by atoms with van der Waals surface area (Å²) in [6.07, 6.45) is 12.3. The van der Waals surface area contributed by atoms with Crippen LogP contribution in [0.1, 0.15) is 45.4 Å². The average Bonchev–Trinajstić information content (AvgIpc) is 2.30. The Morgan fingerprint density at radius 1 is 1.12 bits per heavy atom. The van der Waals surface area contributed by atoms with E-state index in [0.717, 1.165) is 25.0 Å². The Morgan fingerprint density at radius 2 is 1.82 bits per heavy atom. The van der Waals surface area contributed by atoms with Gasteiger partial charge >= 0.3 is 5.97 Å². The van der Waals surface area contributed by atoms with E-state index in [9.17, 15) is 9.59 Å². The molecule has 1 amide bonds. The van der Waals surface area contributed by atoms with Crippen molar-refractivity contribution in [2.45, 2.75) is 45.4 Å². The molecule has 2 N–H and O–H groups in total. The highest BCUT2D eigenvalue weighted by molar-refractivity contribution is 5.94. The number of carboxylic acids is 1. The highest BCUT2D eigenvalue weighted by Crippen LogP contribution is 2.04. The van der Waals surface area contributed by atoms with Crippen molar-refractivity contribution in [1.82, 2.24) is 5.32 Å². The Bertz CT molecular complexity index is 282. The minimum absolute atomic E-state index is 0.422. The molecular formula is C13H21NO3. The minimum Gasteiger partial charge on any atom is -0.478 e. The maximum Gasteiger partial charge on any atom is 0.328 e. The SMILES string of the molecule is CCCCCCC/C=C/NC(=O)/C=C/C(=O)O. The number of hydrogen-bond donors (Lipinski definition) is 2. The molecule has 0 aromatic heterocycles. The molecular weight excluding hydrogens is 218 g/mol. The summed E-state index contributed by atoms with van der Waals surface area (Å²) < 4.78 is 0. The monoisotopic (exact) mass is 239 g/mol. The average molecular weight is 239 g/mol. The molecule has 0 unspecified atom stereocenters. The Hall–Kier alpha value is -1.58. The number of rotatable bonds is 9. The van der Waals surface area contributed by atoms with Crippen LogP contribution in [0, 0.1) is 0 Å². The molecule has 0 spiro atoms. The summed E-state index contributed by atoms with van der Waals surface area (Å²) >= 11 is 0. The van der Waals surface area contributed by atoms with Crippen molar-refractivity contribution in [2.75, 3.05) is 0 Å². The molecule has 0 aromatic carbocycles. The third-order valence-corrected chi connectivity index (χ3v) is 2.20. The van der Waals surface area contributed by atoms with Gasteiger partial charge in [0, 0.05) is 18.4 Å². The van der Waals surface area contributed by atoms with Crippen LogP contribution in [0.4, 0.5) is 0 Å². The zero-order chi connectivity index (χ0) is 12.9. The van der Waals surface area contributed by atoms with Gasteiger partial charge < -0.3 is 10.4 Å². The van der Waals surface area contributed by atoms with E-state index in [4.69, 9.17) is 5.11 Å². The third kappa shape index (κ3) is 12.4. The molecule has 0 rings (SSSR count). The van der Waals surface area contributed by atoms with Gasteiger partial charge in [0.25, 0.3) is 0 Å². The number of hydrogen-bond acceptors (Lipinski definition) is 2. The molecule has 96 valence electrons. The first kappa shape index (κ1) is 15.4. The molecule has 17 heavy (non-hydrogen) atoms. The summed E-state index contributed by atoms with van der Waals surface area (Å²) in [6, 6.07) is 0. The van der Waals surface area contributed by atoms with Crippen molar-refractivity contribution in [3.8, 4) is 0 Å². The van der Waals surface area contributed by atoms with Gasteiger partial charge in [0.2, 0.25) is 5.91 Å².